The standard InChI is InChI=1S/C15H12N2O4S/c16-17-14(18)8-20-9-3-4-11-12(6-9)21-13(15(11)19)7-10-2-1-5-22-10/h1-7H,8,16H2,(H,17,18)/b13-7-. The van der Waals surface area contributed by atoms with E-state index in [1.165, 1.54) is 11.3 Å². The molecule has 1 amide bonds. The van der Waals surface area contributed by atoms with Gasteiger partial charge < -0.3 is 9.47 Å². The van der Waals surface area contributed by atoms with E-state index >= 15 is 0 Å². The Labute approximate surface area is 130 Å². The number of carbonyl (C=O) groups excluding carboxylic acids is 2. The van der Waals surface area contributed by atoms with Crippen molar-refractivity contribution >= 4 is 29.1 Å². The van der Waals surface area contributed by atoms with Crippen LogP contribution in [0.25, 0.3) is 6.08 Å². The Morgan fingerprint density at radius 2 is 2.27 bits per heavy atom. The van der Waals surface area contributed by atoms with E-state index in [1.54, 1.807) is 24.3 Å². The van der Waals surface area contributed by atoms with Gasteiger partial charge >= 0.3 is 0 Å². The summed E-state index contributed by atoms with van der Waals surface area (Å²) in [5.74, 6) is 5.46. The fraction of sp³-hybridized carbons (Fsp3) is 0.0667. The first-order valence-electron chi connectivity index (χ1n) is 6.41. The normalized spacial score (nSPS) is 14.6. The number of ether oxygens (including phenoxy) is 2. The fourth-order valence-corrected chi connectivity index (χ4v) is 2.60. The molecule has 0 saturated heterocycles. The highest BCUT2D eigenvalue weighted by Gasteiger charge is 2.27. The van der Waals surface area contributed by atoms with E-state index in [0.29, 0.717) is 17.1 Å². The number of benzene rings is 1. The van der Waals surface area contributed by atoms with Crippen molar-refractivity contribution in [2.24, 2.45) is 5.84 Å². The summed E-state index contributed by atoms with van der Waals surface area (Å²) in [6.07, 6.45) is 1.70. The number of carbonyl (C=O) groups is 2. The third-order valence-corrected chi connectivity index (χ3v) is 3.81. The Morgan fingerprint density at radius 1 is 1.41 bits per heavy atom. The van der Waals surface area contributed by atoms with Crippen molar-refractivity contribution in [3.63, 3.8) is 0 Å². The molecule has 2 heterocycles. The number of thiophene rings is 1. The van der Waals surface area contributed by atoms with E-state index in [2.05, 4.69) is 0 Å². The highest BCUT2D eigenvalue weighted by molar-refractivity contribution is 7.10. The summed E-state index contributed by atoms with van der Waals surface area (Å²) in [7, 11) is 0. The number of hydrogen-bond donors (Lipinski definition) is 2. The molecule has 0 aliphatic carbocycles. The molecule has 0 spiro atoms. The number of rotatable bonds is 4. The third kappa shape index (κ3) is 2.85. The molecule has 1 aliphatic heterocycles. The fourth-order valence-electron chi connectivity index (χ4n) is 1.95. The van der Waals surface area contributed by atoms with E-state index in [4.69, 9.17) is 15.3 Å². The minimum atomic E-state index is -0.448. The number of allylic oxidation sites excluding steroid dienone is 1. The number of hydrogen-bond acceptors (Lipinski definition) is 6. The van der Waals surface area contributed by atoms with Crippen LogP contribution in [0.3, 0.4) is 0 Å². The van der Waals surface area contributed by atoms with Crippen molar-refractivity contribution in [2.45, 2.75) is 0 Å². The van der Waals surface area contributed by atoms with Gasteiger partial charge in [0.2, 0.25) is 5.78 Å². The van der Waals surface area contributed by atoms with Crippen LogP contribution >= 0.6 is 11.3 Å². The Morgan fingerprint density at radius 3 is 3.00 bits per heavy atom. The minimum Gasteiger partial charge on any atom is -0.484 e. The lowest BCUT2D eigenvalue weighted by atomic mass is 10.1. The van der Waals surface area contributed by atoms with Gasteiger partial charge in [0, 0.05) is 17.0 Å². The first-order chi connectivity index (χ1) is 10.7. The lowest BCUT2D eigenvalue weighted by Gasteiger charge is -2.05. The maximum atomic E-state index is 12.2. The summed E-state index contributed by atoms with van der Waals surface area (Å²) >= 11 is 1.52. The predicted octanol–water partition coefficient (Wildman–Crippen LogP) is 1.73. The molecule has 6 nitrogen and oxygen atoms in total. The molecule has 3 N–H and O–H groups in total. The molecule has 1 aromatic carbocycles. The Bertz CT molecular complexity index is 753. The second kappa shape index (κ2) is 6.00. The van der Waals surface area contributed by atoms with Crippen LogP contribution in [0, 0.1) is 0 Å². The van der Waals surface area contributed by atoms with Gasteiger partial charge in [-0.2, -0.15) is 0 Å². The molecule has 0 fully saturated rings. The van der Waals surface area contributed by atoms with Gasteiger partial charge in [-0.25, -0.2) is 5.84 Å². The van der Waals surface area contributed by atoms with Crippen molar-refractivity contribution in [2.75, 3.05) is 6.61 Å². The summed E-state index contributed by atoms with van der Waals surface area (Å²) < 4.78 is 10.8. The lowest BCUT2D eigenvalue weighted by Crippen LogP contribution is -2.34. The van der Waals surface area contributed by atoms with Crippen LogP contribution in [-0.4, -0.2) is 18.3 Å². The van der Waals surface area contributed by atoms with Gasteiger partial charge in [0.05, 0.1) is 5.56 Å². The molecule has 0 radical (unpaired) electrons. The Hall–Kier alpha value is -2.64. The highest BCUT2D eigenvalue weighted by atomic mass is 32.1. The van der Waals surface area contributed by atoms with E-state index in [1.807, 2.05) is 22.9 Å². The Balaban J connectivity index is 1.79. The van der Waals surface area contributed by atoms with Crippen molar-refractivity contribution in [3.8, 4) is 11.5 Å². The van der Waals surface area contributed by atoms with Crippen LogP contribution in [0.4, 0.5) is 0 Å². The number of hydrazine groups is 1. The zero-order valence-electron chi connectivity index (χ0n) is 11.4. The lowest BCUT2D eigenvalue weighted by molar-refractivity contribution is -0.123. The van der Waals surface area contributed by atoms with Gasteiger partial charge in [-0.05, 0) is 23.6 Å². The molecule has 112 valence electrons. The van der Waals surface area contributed by atoms with Crippen LogP contribution < -0.4 is 20.7 Å². The largest absolute Gasteiger partial charge is 0.484 e. The first-order valence-corrected chi connectivity index (χ1v) is 7.29. The van der Waals surface area contributed by atoms with E-state index in [9.17, 15) is 9.59 Å². The topological polar surface area (TPSA) is 90.7 Å². The maximum absolute atomic E-state index is 12.2. The van der Waals surface area contributed by atoms with Crippen molar-refractivity contribution in [1.82, 2.24) is 5.43 Å². The highest BCUT2D eigenvalue weighted by Crippen LogP contribution is 2.35. The molecule has 0 atom stereocenters. The van der Waals surface area contributed by atoms with Crippen molar-refractivity contribution in [1.29, 1.82) is 0 Å². The van der Waals surface area contributed by atoms with Crippen LogP contribution in [0.15, 0.2) is 41.5 Å². The molecule has 3 rings (SSSR count). The second-order valence-corrected chi connectivity index (χ2v) is 5.45. The molecule has 7 heteroatoms. The van der Waals surface area contributed by atoms with Gasteiger partial charge in [0.1, 0.15) is 11.5 Å². The maximum Gasteiger partial charge on any atom is 0.271 e. The number of fused-ring (bicyclic) bond motifs is 1. The van der Waals surface area contributed by atoms with E-state index in [0.717, 1.165) is 4.88 Å². The molecule has 0 bridgehead atoms. The number of Topliss-reactive ketones (excluding diaryl/α,β-unsaturated/α-hetero) is 1. The molecule has 0 saturated carbocycles. The third-order valence-electron chi connectivity index (χ3n) is 2.99. The average molecular weight is 316 g/mol. The molecule has 0 unspecified atom stereocenters. The predicted molar refractivity (Wildman–Crippen MR) is 81.5 cm³/mol. The van der Waals surface area contributed by atoms with Crippen LogP contribution in [0.2, 0.25) is 0 Å². The Kier molecular flexibility index (Phi) is 3.90. The zero-order chi connectivity index (χ0) is 15.5. The summed E-state index contributed by atoms with van der Waals surface area (Å²) in [5, 5.41) is 1.92. The monoisotopic (exact) mass is 316 g/mol. The van der Waals surface area contributed by atoms with Gasteiger partial charge in [-0.1, -0.05) is 6.07 Å². The molecule has 1 aromatic heterocycles. The summed E-state index contributed by atoms with van der Waals surface area (Å²) in [5.41, 5.74) is 2.44. The SMILES string of the molecule is NNC(=O)COc1ccc2c(c1)O/C(=C\c1cccs1)C2=O. The zero-order valence-corrected chi connectivity index (χ0v) is 12.2. The van der Waals surface area contributed by atoms with Crippen molar-refractivity contribution in [3.05, 3.63) is 51.9 Å². The first kappa shape index (κ1) is 14.3. The van der Waals surface area contributed by atoms with E-state index in [-0.39, 0.29) is 18.1 Å². The van der Waals surface area contributed by atoms with Crippen LogP contribution in [0.1, 0.15) is 15.2 Å². The van der Waals surface area contributed by atoms with Gasteiger partial charge in [-0.15, -0.1) is 11.3 Å². The van der Waals surface area contributed by atoms with Gasteiger partial charge in [0.15, 0.2) is 12.4 Å². The molecule has 1 aliphatic rings. The van der Waals surface area contributed by atoms with Crippen LogP contribution in [0.5, 0.6) is 11.5 Å². The molecule has 22 heavy (non-hydrogen) atoms. The number of nitrogens with one attached hydrogen (secondary N) is 1. The summed E-state index contributed by atoms with van der Waals surface area (Å²) in [4.78, 5) is 24.2. The van der Waals surface area contributed by atoms with E-state index < -0.39 is 5.91 Å². The van der Waals surface area contributed by atoms with Crippen molar-refractivity contribution < 1.29 is 19.1 Å². The van der Waals surface area contributed by atoms with Gasteiger partial charge in [0.25, 0.3) is 5.91 Å². The second-order valence-electron chi connectivity index (χ2n) is 4.47. The average Bonchev–Trinajstić information content (AvgIpc) is 3.14. The smallest absolute Gasteiger partial charge is 0.271 e. The summed E-state index contributed by atoms with van der Waals surface area (Å²) in [6.45, 7) is -0.207. The molecular weight excluding hydrogens is 304 g/mol. The molecule has 2 aromatic rings. The quantitative estimate of drug-likeness (QED) is 0.388. The summed E-state index contributed by atoms with van der Waals surface area (Å²) in [6, 6.07) is 8.60. The number of amides is 1. The number of nitrogens with two attached hydrogens (primary N) is 1. The minimum absolute atomic E-state index is 0.172. The van der Waals surface area contributed by atoms with Crippen LogP contribution in [-0.2, 0) is 4.79 Å². The van der Waals surface area contributed by atoms with Gasteiger partial charge in [-0.3, -0.25) is 15.0 Å². The number of ketones is 1. The molecular formula is C15H12N2O4S.